The molecule has 0 saturated carbocycles. The smallest absolute Gasteiger partial charge is 0.262 e. The van der Waals surface area contributed by atoms with Crippen molar-refractivity contribution in [1.29, 1.82) is 0 Å². The van der Waals surface area contributed by atoms with Crippen LogP contribution in [0.1, 0.15) is 60.6 Å². The normalized spacial score (nSPS) is 16.1. The second kappa shape index (κ2) is 11.9. The minimum atomic E-state index is -1.08. The van der Waals surface area contributed by atoms with E-state index in [1.807, 2.05) is 66.7 Å². The van der Waals surface area contributed by atoms with E-state index >= 15 is 0 Å². The maximum Gasteiger partial charge on any atom is 0.262 e. The summed E-state index contributed by atoms with van der Waals surface area (Å²) in [5, 5.41) is 10.1. The van der Waals surface area contributed by atoms with Crippen LogP contribution in [0.5, 0.6) is 0 Å². The first kappa shape index (κ1) is 28.5. The molecule has 1 atom stereocenters. The Labute approximate surface area is 252 Å². The molecule has 0 bridgehead atoms. The van der Waals surface area contributed by atoms with Gasteiger partial charge in [0.1, 0.15) is 6.04 Å². The Morgan fingerprint density at radius 3 is 2.27 bits per heavy atom. The standard InChI is InChI=1S/C34H28N4O6/c39-29-14-13-28(32(42)37-29)38-33(43)26-12-11-24(16-27(26)34(38)44)31(41)36-19-21-6-3-5-20(15-21)18-35-30(40)17-23-9-4-8-22-7-1-2-10-25(22)23/h1-12,15-16,28H,13-14,17-19H2,(H,35,40)(H,36,41)(H,37,39,42). The van der Waals surface area contributed by atoms with Crippen molar-refractivity contribution in [3.8, 4) is 0 Å². The van der Waals surface area contributed by atoms with E-state index in [-0.39, 0.29) is 48.4 Å². The Kier molecular flexibility index (Phi) is 7.72. The number of nitrogens with one attached hydrogen (secondary N) is 3. The molecule has 3 N–H and O–H groups in total. The highest BCUT2D eigenvalue weighted by Gasteiger charge is 2.44. The second-order valence-corrected chi connectivity index (χ2v) is 10.8. The molecule has 0 aliphatic carbocycles. The Balaban J connectivity index is 1.05. The summed E-state index contributed by atoms with van der Waals surface area (Å²) in [7, 11) is 0. The highest BCUT2D eigenvalue weighted by molar-refractivity contribution is 6.24. The van der Waals surface area contributed by atoms with Gasteiger partial charge in [-0.15, -0.1) is 0 Å². The van der Waals surface area contributed by atoms with Crippen LogP contribution >= 0.6 is 0 Å². The van der Waals surface area contributed by atoms with Gasteiger partial charge in [0.2, 0.25) is 17.7 Å². The van der Waals surface area contributed by atoms with Crippen molar-refractivity contribution >= 4 is 46.2 Å². The molecule has 6 amide bonds. The van der Waals surface area contributed by atoms with E-state index in [9.17, 15) is 28.8 Å². The highest BCUT2D eigenvalue weighted by Crippen LogP contribution is 2.28. The maximum atomic E-state index is 13.1. The molecule has 0 spiro atoms. The fraction of sp³-hybridized carbons (Fsp3) is 0.176. The third kappa shape index (κ3) is 5.69. The zero-order valence-electron chi connectivity index (χ0n) is 23.6. The van der Waals surface area contributed by atoms with E-state index in [4.69, 9.17) is 0 Å². The van der Waals surface area contributed by atoms with Crippen molar-refractivity contribution in [1.82, 2.24) is 20.9 Å². The molecular formula is C34H28N4O6. The topological polar surface area (TPSA) is 142 Å². The largest absolute Gasteiger partial charge is 0.352 e. The minimum Gasteiger partial charge on any atom is -0.352 e. The maximum absolute atomic E-state index is 13.1. The summed E-state index contributed by atoms with van der Waals surface area (Å²) in [5.74, 6) is -2.99. The van der Waals surface area contributed by atoms with Crippen LogP contribution in [0.25, 0.3) is 10.8 Å². The van der Waals surface area contributed by atoms with Gasteiger partial charge in [0.15, 0.2) is 0 Å². The number of imide groups is 2. The zero-order valence-corrected chi connectivity index (χ0v) is 23.6. The summed E-state index contributed by atoms with van der Waals surface area (Å²) in [4.78, 5) is 76.3. The molecule has 10 heteroatoms. The Morgan fingerprint density at radius 1 is 0.773 bits per heavy atom. The summed E-state index contributed by atoms with van der Waals surface area (Å²) in [5.41, 5.74) is 2.97. The third-order valence-electron chi connectivity index (χ3n) is 7.87. The van der Waals surface area contributed by atoms with Gasteiger partial charge in [-0.05, 0) is 52.1 Å². The molecule has 4 aromatic rings. The summed E-state index contributed by atoms with van der Waals surface area (Å²) >= 11 is 0. The zero-order chi connectivity index (χ0) is 30.8. The van der Waals surface area contributed by atoms with Crippen LogP contribution < -0.4 is 16.0 Å². The van der Waals surface area contributed by atoms with E-state index in [1.54, 1.807) is 0 Å². The number of carbonyl (C=O) groups is 6. The lowest BCUT2D eigenvalue weighted by molar-refractivity contribution is -0.136. The average molecular weight is 589 g/mol. The molecule has 1 saturated heterocycles. The van der Waals surface area contributed by atoms with Gasteiger partial charge in [0.05, 0.1) is 17.5 Å². The molecule has 0 radical (unpaired) electrons. The number of carbonyl (C=O) groups excluding carboxylic acids is 6. The summed E-state index contributed by atoms with van der Waals surface area (Å²) in [6, 6.07) is 24.5. The Hall–Kier alpha value is -5.64. The first-order valence-electron chi connectivity index (χ1n) is 14.2. The van der Waals surface area contributed by atoms with Crippen molar-refractivity contribution in [2.24, 2.45) is 0 Å². The molecule has 6 rings (SSSR count). The lowest BCUT2D eigenvalue weighted by atomic mass is 10.0. The number of benzene rings is 4. The van der Waals surface area contributed by atoms with Gasteiger partial charge in [-0.25, -0.2) is 0 Å². The van der Waals surface area contributed by atoms with E-state index in [0.29, 0.717) is 6.54 Å². The molecule has 44 heavy (non-hydrogen) atoms. The fourth-order valence-electron chi connectivity index (χ4n) is 5.63. The van der Waals surface area contributed by atoms with Gasteiger partial charge in [-0.2, -0.15) is 0 Å². The molecule has 2 heterocycles. The number of nitrogens with zero attached hydrogens (tertiary/aromatic N) is 1. The molecule has 2 aliphatic rings. The van der Waals surface area contributed by atoms with Gasteiger partial charge < -0.3 is 10.6 Å². The van der Waals surface area contributed by atoms with Crippen molar-refractivity contribution in [3.05, 3.63) is 118 Å². The van der Waals surface area contributed by atoms with Gasteiger partial charge in [0.25, 0.3) is 17.7 Å². The van der Waals surface area contributed by atoms with Gasteiger partial charge in [-0.3, -0.25) is 39.0 Å². The van der Waals surface area contributed by atoms with Crippen molar-refractivity contribution < 1.29 is 28.8 Å². The monoisotopic (exact) mass is 588 g/mol. The van der Waals surface area contributed by atoms with Crippen LogP contribution in [0.15, 0.2) is 84.9 Å². The summed E-state index contributed by atoms with van der Waals surface area (Å²) in [6.45, 7) is 0.527. The SMILES string of the molecule is O=C(Cc1cccc2ccccc12)NCc1cccc(CNC(=O)c2ccc3c(c2)C(=O)N(C2CCC(=O)NC2=O)C3=O)c1. The number of rotatable bonds is 8. The lowest BCUT2D eigenvalue weighted by Gasteiger charge is -2.27. The first-order valence-corrected chi connectivity index (χ1v) is 14.2. The Morgan fingerprint density at radius 2 is 1.48 bits per heavy atom. The Bertz CT molecular complexity index is 1860. The second-order valence-electron chi connectivity index (χ2n) is 10.8. The molecular weight excluding hydrogens is 560 g/mol. The lowest BCUT2D eigenvalue weighted by Crippen LogP contribution is -2.54. The molecule has 0 aromatic heterocycles. The third-order valence-corrected chi connectivity index (χ3v) is 7.87. The van der Waals surface area contributed by atoms with Crippen LogP contribution in [0.2, 0.25) is 0 Å². The number of hydrogen-bond donors (Lipinski definition) is 3. The highest BCUT2D eigenvalue weighted by atomic mass is 16.2. The average Bonchev–Trinajstić information content (AvgIpc) is 3.28. The minimum absolute atomic E-state index is 0.0240. The predicted octanol–water partition coefficient (Wildman–Crippen LogP) is 3.03. The fourth-order valence-corrected chi connectivity index (χ4v) is 5.63. The predicted molar refractivity (Wildman–Crippen MR) is 160 cm³/mol. The van der Waals surface area contributed by atoms with E-state index in [0.717, 1.165) is 32.4 Å². The van der Waals surface area contributed by atoms with Gasteiger partial charge in [-0.1, -0.05) is 66.7 Å². The number of amides is 6. The molecule has 10 nitrogen and oxygen atoms in total. The van der Waals surface area contributed by atoms with E-state index in [2.05, 4.69) is 16.0 Å². The van der Waals surface area contributed by atoms with Crippen LogP contribution in [0.3, 0.4) is 0 Å². The van der Waals surface area contributed by atoms with Gasteiger partial charge >= 0.3 is 0 Å². The van der Waals surface area contributed by atoms with E-state index in [1.165, 1.54) is 18.2 Å². The van der Waals surface area contributed by atoms with Crippen LogP contribution in [-0.4, -0.2) is 46.4 Å². The molecule has 2 aliphatic heterocycles. The summed E-state index contributed by atoms with van der Waals surface area (Å²) in [6.07, 6.45) is 0.337. The number of fused-ring (bicyclic) bond motifs is 2. The van der Waals surface area contributed by atoms with Crippen LogP contribution in [0.4, 0.5) is 0 Å². The van der Waals surface area contributed by atoms with Gasteiger partial charge in [0, 0.05) is 25.1 Å². The van der Waals surface area contributed by atoms with Crippen LogP contribution in [0, 0.1) is 0 Å². The molecule has 1 unspecified atom stereocenters. The molecule has 220 valence electrons. The summed E-state index contributed by atoms with van der Waals surface area (Å²) < 4.78 is 0. The van der Waals surface area contributed by atoms with Crippen molar-refractivity contribution in [2.45, 2.75) is 38.4 Å². The number of hydrogen-bond acceptors (Lipinski definition) is 6. The molecule has 1 fully saturated rings. The first-order chi connectivity index (χ1) is 21.3. The quantitative estimate of drug-likeness (QED) is 0.270. The van der Waals surface area contributed by atoms with Crippen LogP contribution in [-0.2, 0) is 33.9 Å². The van der Waals surface area contributed by atoms with Crippen molar-refractivity contribution in [3.63, 3.8) is 0 Å². The van der Waals surface area contributed by atoms with Crippen molar-refractivity contribution in [2.75, 3.05) is 0 Å². The molecule has 4 aromatic carbocycles. The number of piperidine rings is 1. The van der Waals surface area contributed by atoms with E-state index < -0.39 is 35.6 Å².